The molecule has 2 aromatic carbocycles. The summed E-state index contributed by atoms with van der Waals surface area (Å²) in [5, 5.41) is 8.34. The molecule has 0 fully saturated rings. The molecule has 3 rings (SSSR count). The molecule has 0 radical (unpaired) electrons. The molecule has 1 aliphatic rings. The summed E-state index contributed by atoms with van der Waals surface area (Å²) in [6, 6.07) is 11.6. The monoisotopic (exact) mass is 445 g/mol. The average Bonchev–Trinajstić information content (AvgIpc) is 2.67. The minimum atomic E-state index is -0.610. The molecular formula is C20H20BrN3O4. The first-order valence-corrected chi connectivity index (χ1v) is 9.30. The number of anilines is 1. The molecule has 0 saturated carbocycles. The molecule has 1 aliphatic heterocycles. The number of hydrogen-bond donors (Lipinski definition) is 3. The third-order valence-corrected chi connectivity index (χ3v) is 5.11. The van der Waals surface area contributed by atoms with Crippen LogP contribution in [-0.4, -0.2) is 26.2 Å². The topological polar surface area (TPSA) is 88.7 Å². The maximum atomic E-state index is 13.2. The number of rotatable bonds is 5. The van der Waals surface area contributed by atoms with Crippen LogP contribution in [-0.2, 0) is 4.79 Å². The van der Waals surface area contributed by atoms with Gasteiger partial charge in [0.05, 0.1) is 31.5 Å². The molecule has 0 aromatic heterocycles. The van der Waals surface area contributed by atoms with Crippen molar-refractivity contribution in [3.63, 3.8) is 0 Å². The standard InChI is InChI=1S/C20H20BrN3O4/c1-11-17(18(24-20(26)22-11)13-6-4-5-7-14(13)21)19(25)23-15-10-12(27-2)8-9-16(15)28-3/h4-10,18H,1-3H3,(H,23,25)(H2,22,24,26)/t18-/m1/s1. The van der Waals surface area contributed by atoms with Gasteiger partial charge in [-0.1, -0.05) is 34.1 Å². The van der Waals surface area contributed by atoms with Crippen LogP contribution >= 0.6 is 15.9 Å². The molecule has 0 saturated heterocycles. The van der Waals surface area contributed by atoms with Gasteiger partial charge in [-0.15, -0.1) is 0 Å². The second kappa shape index (κ2) is 8.35. The van der Waals surface area contributed by atoms with Crippen molar-refractivity contribution in [3.8, 4) is 11.5 Å². The Kier molecular flexibility index (Phi) is 5.89. The molecular weight excluding hydrogens is 426 g/mol. The van der Waals surface area contributed by atoms with Gasteiger partial charge in [-0.05, 0) is 30.7 Å². The number of methoxy groups -OCH3 is 2. The summed E-state index contributed by atoms with van der Waals surface area (Å²) in [5.74, 6) is 0.717. The number of carbonyl (C=O) groups excluding carboxylic acids is 2. The van der Waals surface area contributed by atoms with E-state index >= 15 is 0 Å². The van der Waals surface area contributed by atoms with Crippen LogP contribution in [0.1, 0.15) is 18.5 Å². The van der Waals surface area contributed by atoms with E-state index < -0.39 is 6.04 Å². The van der Waals surface area contributed by atoms with Gasteiger partial charge in [0.2, 0.25) is 0 Å². The Morgan fingerprint density at radius 3 is 2.57 bits per heavy atom. The molecule has 2 aromatic rings. The van der Waals surface area contributed by atoms with Crippen molar-refractivity contribution in [2.75, 3.05) is 19.5 Å². The van der Waals surface area contributed by atoms with Crippen molar-refractivity contribution in [1.82, 2.24) is 10.6 Å². The summed E-state index contributed by atoms with van der Waals surface area (Å²) in [4.78, 5) is 25.2. The summed E-state index contributed by atoms with van der Waals surface area (Å²) < 4.78 is 11.3. The third-order valence-electron chi connectivity index (χ3n) is 4.38. The first kappa shape index (κ1) is 19.8. The summed E-state index contributed by atoms with van der Waals surface area (Å²) in [7, 11) is 3.07. The predicted octanol–water partition coefficient (Wildman–Crippen LogP) is 3.73. The van der Waals surface area contributed by atoms with Gasteiger partial charge in [-0.3, -0.25) is 4.79 Å². The fourth-order valence-corrected chi connectivity index (χ4v) is 3.55. The van der Waals surface area contributed by atoms with E-state index in [-0.39, 0.29) is 11.9 Å². The van der Waals surface area contributed by atoms with E-state index in [0.29, 0.717) is 28.5 Å². The van der Waals surface area contributed by atoms with E-state index in [9.17, 15) is 9.59 Å². The van der Waals surface area contributed by atoms with Crippen molar-refractivity contribution in [2.24, 2.45) is 0 Å². The normalized spacial score (nSPS) is 16.1. The van der Waals surface area contributed by atoms with Gasteiger partial charge in [-0.25, -0.2) is 4.79 Å². The molecule has 1 atom stereocenters. The van der Waals surface area contributed by atoms with Crippen LogP contribution in [0.2, 0.25) is 0 Å². The van der Waals surface area contributed by atoms with Gasteiger partial charge in [0.25, 0.3) is 5.91 Å². The van der Waals surface area contributed by atoms with Gasteiger partial charge in [0.15, 0.2) is 0 Å². The first-order chi connectivity index (χ1) is 13.4. The number of carbonyl (C=O) groups is 2. The highest BCUT2D eigenvalue weighted by atomic mass is 79.9. The summed E-state index contributed by atoms with van der Waals surface area (Å²) in [5.41, 5.74) is 2.12. The molecule has 0 unspecified atom stereocenters. The van der Waals surface area contributed by atoms with Gasteiger partial charge in [0, 0.05) is 16.2 Å². The molecule has 0 bridgehead atoms. The van der Waals surface area contributed by atoms with Crippen molar-refractivity contribution < 1.29 is 19.1 Å². The quantitative estimate of drug-likeness (QED) is 0.653. The molecule has 1 heterocycles. The van der Waals surface area contributed by atoms with Gasteiger partial charge in [0.1, 0.15) is 11.5 Å². The predicted molar refractivity (Wildman–Crippen MR) is 109 cm³/mol. The Hall–Kier alpha value is -3.00. The fourth-order valence-electron chi connectivity index (χ4n) is 3.04. The lowest BCUT2D eigenvalue weighted by molar-refractivity contribution is -0.113. The van der Waals surface area contributed by atoms with Crippen LogP contribution in [0.3, 0.4) is 0 Å². The minimum Gasteiger partial charge on any atom is -0.497 e. The zero-order valence-corrected chi connectivity index (χ0v) is 17.2. The molecule has 0 aliphatic carbocycles. The van der Waals surface area contributed by atoms with E-state index in [4.69, 9.17) is 9.47 Å². The van der Waals surface area contributed by atoms with Crippen LogP contribution in [0, 0.1) is 0 Å². The molecule has 146 valence electrons. The van der Waals surface area contributed by atoms with Crippen LogP contribution in [0.25, 0.3) is 0 Å². The Balaban J connectivity index is 2.00. The van der Waals surface area contributed by atoms with E-state index in [0.717, 1.165) is 10.0 Å². The lowest BCUT2D eigenvalue weighted by Crippen LogP contribution is -2.46. The molecule has 3 N–H and O–H groups in total. The zero-order chi connectivity index (χ0) is 20.3. The highest BCUT2D eigenvalue weighted by molar-refractivity contribution is 9.10. The largest absolute Gasteiger partial charge is 0.497 e. The number of urea groups is 1. The first-order valence-electron chi connectivity index (χ1n) is 8.50. The fraction of sp³-hybridized carbons (Fsp3) is 0.200. The molecule has 28 heavy (non-hydrogen) atoms. The summed E-state index contributed by atoms with van der Waals surface area (Å²) in [6.45, 7) is 1.69. The molecule has 8 heteroatoms. The lowest BCUT2D eigenvalue weighted by atomic mass is 9.95. The highest BCUT2D eigenvalue weighted by Gasteiger charge is 2.32. The number of benzene rings is 2. The number of nitrogens with one attached hydrogen (secondary N) is 3. The van der Waals surface area contributed by atoms with Gasteiger partial charge in [-0.2, -0.15) is 0 Å². The Labute approximate surface area is 171 Å². The third kappa shape index (κ3) is 3.96. The van der Waals surface area contributed by atoms with Crippen LogP contribution in [0.5, 0.6) is 11.5 Å². The lowest BCUT2D eigenvalue weighted by Gasteiger charge is -2.29. The van der Waals surface area contributed by atoms with E-state index in [2.05, 4.69) is 31.9 Å². The second-order valence-corrected chi connectivity index (χ2v) is 6.97. The molecule has 3 amide bonds. The number of hydrogen-bond acceptors (Lipinski definition) is 4. The van der Waals surface area contributed by atoms with Crippen LogP contribution in [0.15, 0.2) is 58.2 Å². The van der Waals surface area contributed by atoms with Crippen molar-refractivity contribution in [2.45, 2.75) is 13.0 Å². The number of ether oxygens (including phenoxy) is 2. The summed E-state index contributed by atoms with van der Waals surface area (Å²) >= 11 is 3.49. The van der Waals surface area contributed by atoms with Crippen molar-refractivity contribution in [1.29, 1.82) is 0 Å². The molecule has 0 spiro atoms. The maximum absolute atomic E-state index is 13.2. The smallest absolute Gasteiger partial charge is 0.319 e. The SMILES string of the molecule is COc1ccc(OC)c(NC(=O)C2=C(C)NC(=O)N[C@@H]2c2ccccc2Br)c1. The Morgan fingerprint density at radius 1 is 1.14 bits per heavy atom. The number of amides is 3. The second-order valence-electron chi connectivity index (χ2n) is 6.11. The van der Waals surface area contributed by atoms with Gasteiger partial charge >= 0.3 is 6.03 Å². The van der Waals surface area contributed by atoms with E-state index in [1.54, 1.807) is 32.2 Å². The molecule has 7 nitrogen and oxygen atoms in total. The van der Waals surface area contributed by atoms with E-state index in [1.165, 1.54) is 7.11 Å². The Bertz CT molecular complexity index is 958. The van der Waals surface area contributed by atoms with Crippen molar-refractivity contribution in [3.05, 3.63) is 63.8 Å². The van der Waals surface area contributed by atoms with Crippen LogP contribution in [0.4, 0.5) is 10.5 Å². The van der Waals surface area contributed by atoms with Crippen LogP contribution < -0.4 is 25.4 Å². The average molecular weight is 446 g/mol. The maximum Gasteiger partial charge on any atom is 0.319 e. The number of halogens is 1. The van der Waals surface area contributed by atoms with E-state index in [1.807, 2.05) is 24.3 Å². The van der Waals surface area contributed by atoms with Crippen molar-refractivity contribution >= 4 is 33.6 Å². The zero-order valence-electron chi connectivity index (χ0n) is 15.6. The number of allylic oxidation sites excluding steroid dienone is 1. The Morgan fingerprint density at radius 2 is 1.89 bits per heavy atom. The minimum absolute atomic E-state index is 0.364. The van der Waals surface area contributed by atoms with Gasteiger partial charge < -0.3 is 25.4 Å². The summed E-state index contributed by atoms with van der Waals surface area (Å²) in [6.07, 6.45) is 0. The highest BCUT2D eigenvalue weighted by Crippen LogP contribution is 2.34.